The van der Waals surface area contributed by atoms with E-state index in [2.05, 4.69) is 22.5 Å². The zero-order chi connectivity index (χ0) is 21.8. The number of nitrogens with one attached hydrogen (secondary N) is 1. The Balaban J connectivity index is 1.46. The first-order chi connectivity index (χ1) is 15.8. The highest BCUT2D eigenvalue weighted by atomic mass is 16.2. The van der Waals surface area contributed by atoms with Crippen molar-refractivity contribution in [2.75, 3.05) is 11.9 Å². The maximum atomic E-state index is 13.1. The molecule has 1 N–H and O–H groups in total. The summed E-state index contributed by atoms with van der Waals surface area (Å²) < 4.78 is 0. The van der Waals surface area contributed by atoms with Gasteiger partial charge >= 0.3 is 0 Å². The Kier molecular flexibility index (Phi) is 5.92. The van der Waals surface area contributed by atoms with Crippen molar-refractivity contribution in [3.8, 4) is 11.3 Å². The van der Waals surface area contributed by atoms with Gasteiger partial charge < -0.3 is 10.2 Å². The molecule has 2 aromatic heterocycles. The smallest absolute Gasteiger partial charge is 0.223 e. The molecule has 1 fully saturated rings. The molecule has 0 bridgehead atoms. The predicted molar refractivity (Wildman–Crippen MR) is 125 cm³/mol. The number of benzene rings is 1. The molecule has 2 atom stereocenters. The van der Waals surface area contributed by atoms with Crippen LogP contribution >= 0.6 is 0 Å². The average Bonchev–Trinajstić information content (AvgIpc) is 3.52. The number of aromatic nitrogens is 3. The highest BCUT2D eigenvalue weighted by molar-refractivity contribution is 5.77. The molecule has 1 aliphatic heterocycles. The lowest BCUT2D eigenvalue weighted by atomic mass is 10.0. The number of allylic oxidation sites excluding steroid dienone is 2. The van der Waals surface area contributed by atoms with Crippen LogP contribution in [0.2, 0.25) is 0 Å². The summed E-state index contributed by atoms with van der Waals surface area (Å²) in [6.07, 6.45) is 12.5. The van der Waals surface area contributed by atoms with Gasteiger partial charge in [-0.15, -0.1) is 0 Å². The van der Waals surface area contributed by atoms with Gasteiger partial charge in [0.2, 0.25) is 5.91 Å². The number of hydrogen-bond acceptors (Lipinski definition) is 5. The molecule has 3 heterocycles. The number of para-hydroxylation sites is 1. The number of anilines is 2. The first kappa shape index (κ1) is 20.4. The largest absolute Gasteiger partial charge is 0.340 e. The second kappa shape index (κ2) is 9.30. The van der Waals surface area contributed by atoms with Crippen LogP contribution < -0.4 is 5.32 Å². The van der Waals surface area contributed by atoms with E-state index in [0.717, 1.165) is 55.0 Å². The number of carbonyl (C=O) groups excluding carboxylic acids is 1. The van der Waals surface area contributed by atoms with Gasteiger partial charge in [-0.25, -0.2) is 9.97 Å². The molecule has 2 aliphatic rings. The number of amides is 1. The molecule has 0 radical (unpaired) electrons. The molecule has 6 nitrogen and oxygen atoms in total. The maximum Gasteiger partial charge on any atom is 0.223 e. The number of pyridine rings is 1. The lowest BCUT2D eigenvalue weighted by Crippen LogP contribution is -2.32. The third-order valence-electron chi connectivity index (χ3n) is 6.19. The van der Waals surface area contributed by atoms with Crippen LogP contribution in [0.3, 0.4) is 0 Å². The van der Waals surface area contributed by atoms with E-state index in [9.17, 15) is 4.79 Å². The molecular formula is C26H27N5O. The van der Waals surface area contributed by atoms with E-state index in [1.807, 2.05) is 53.4 Å². The van der Waals surface area contributed by atoms with E-state index in [-0.39, 0.29) is 11.9 Å². The van der Waals surface area contributed by atoms with E-state index >= 15 is 0 Å². The van der Waals surface area contributed by atoms with Gasteiger partial charge in [0.05, 0.1) is 11.7 Å². The highest BCUT2D eigenvalue weighted by Gasteiger charge is 2.33. The minimum absolute atomic E-state index is 0.0917. The Bertz CT molecular complexity index is 1100. The Hall–Kier alpha value is -3.54. The van der Waals surface area contributed by atoms with Gasteiger partial charge in [0.15, 0.2) is 5.82 Å². The molecule has 2 unspecified atom stereocenters. The van der Waals surface area contributed by atoms with E-state index in [0.29, 0.717) is 18.2 Å². The quantitative estimate of drug-likeness (QED) is 0.543. The summed E-state index contributed by atoms with van der Waals surface area (Å²) in [4.78, 5) is 29.0. The minimum Gasteiger partial charge on any atom is -0.340 e. The van der Waals surface area contributed by atoms with Crippen LogP contribution in [0.15, 0.2) is 73.1 Å². The summed E-state index contributed by atoms with van der Waals surface area (Å²) in [5.41, 5.74) is 2.77. The van der Waals surface area contributed by atoms with Gasteiger partial charge in [-0.2, -0.15) is 0 Å². The van der Waals surface area contributed by atoms with Crippen molar-refractivity contribution in [1.29, 1.82) is 0 Å². The van der Waals surface area contributed by atoms with Crippen molar-refractivity contribution in [3.05, 3.63) is 78.9 Å². The van der Waals surface area contributed by atoms with Crippen LogP contribution in [0.5, 0.6) is 0 Å². The lowest BCUT2D eigenvalue weighted by Gasteiger charge is -2.25. The van der Waals surface area contributed by atoms with Crippen LogP contribution in [0.4, 0.5) is 11.5 Å². The first-order valence-electron chi connectivity index (χ1n) is 11.3. The summed E-state index contributed by atoms with van der Waals surface area (Å²) in [5.74, 6) is 2.00. The summed E-state index contributed by atoms with van der Waals surface area (Å²) in [5, 5.41) is 3.40. The molecule has 5 rings (SSSR count). The highest BCUT2D eigenvalue weighted by Crippen LogP contribution is 2.34. The fourth-order valence-corrected chi connectivity index (χ4v) is 4.56. The molecule has 162 valence electrons. The van der Waals surface area contributed by atoms with Crippen LogP contribution in [0, 0.1) is 5.92 Å². The fourth-order valence-electron chi connectivity index (χ4n) is 4.56. The predicted octanol–water partition coefficient (Wildman–Crippen LogP) is 5.30. The van der Waals surface area contributed by atoms with E-state index in [1.165, 1.54) is 0 Å². The number of nitrogens with zero attached hydrogens (tertiary/aromatic N) is 4. The van der Waals surface area contributed by atoms with Gasteiger partial charge in [0, 0.05) is 42.7 Å². The molecule has 0 spiro atoms. The molecule has 6 heteroatoms. The van der Waals surface area contributed by atoms with Gasteiger partial charge in [-0.1, -0.05) is 30.4 Å². The number of rotatable bonds is 6. The van der Waals surface area contributed by atoms with Gasteiger partial charge in [0.1, 0.15) is 5.82 Å². The summed E-state index contributed by atoms with van der Waals surface area (Å²) >= 11 is 0. The van der Waals surface area contributed by atoms with Gasteiger partial charge in [0.25, 0.3) is 0 Å². The Labute approximate surface area is 188 Å². The van der Waals surface area contributed by atoms with Crippen molar-refractivity contribution < 1.29 is 4.79 Å². The van der Waals surface area contributed by atoms with Crippen LogP contribution in [0.25, 0.3) is 11.3 Å². The molecule has 32 heavy (non-hydrogen) atoms. The first-order valence-corrected chi connectivity index (χ1v) is 11.3. The molecule has 1 aromatic carbocycles. The minimum atomic E-state index is -0.0917. The van der Waals surface area contributed by atoms with Crippen molar-refractivity contribution >= 4 is 17.4 Å². The summed E-state index contributed by atoms with van der Waals surface area (Å²) in [7, 11) is 0. The van der Waals surface area contributed by atoms with Crippen LogP contribution in [-0.2, 0) is 4.79 Å². The topological polar surface area (TPSA) is 71.0 Å². The van der Waals surface area contributed by atoms with Crippen molar-refractivity contribution in [2.24, 2.45) is 5.92 Å². The average molecular weight is 426 g/mol. The Morgan fingerprint density at radius 1 is 1.06 bits per heavy atom. The van der Waals surface area contributed by atoms with E-state index in [4.69, 9.17) is 9.97 Å². The zero-order valence-electron chi connectivity index (χ0n) is 18.0. The van der Waals surface area contributed by atoms with Crippen LogP contribution in [-0.4, -0.2) is 32.3 Å². The number of hydrogen-bond donors (Lipinski definition) is 1. The summed E-state index contributed by atoms with van der Waals surface area (Å²) in [6, 6.07) is 15.7. The van der Waals surface area contributed by atoms with E-state index < -0.39 is 0 Å². The molecule has 3 aromatic rings. The second-order valence-electron chi connectivity index (χ2n) is 8.44. The lowest BCUT2D eigenvalue weighted by molar-refractivity contribution is -0.133. The Morgan fingerprint density at radius 3 is 2.69 bits per heavy atom. The van der Waals surface area contributed by atoms with Gasteiger partial charge in [-0.3, -0.25) is 9.78 Å². The standard InChI is InChI=1S/C26H27N5O/c32-25(17-19-7-4-5-8-19)31-16-6-11-23(31)26-29-22(20-12-14-27-15-13-20)18-24(30-26)28-21-9-2-1-3-10-21/h1-4,7,9-10,12-15,18-19,23H,5-6,8,11,16-17H2,(H,28,29,30). The Morgan fingerprint density at radius 2 is 1.91 bits per heavy atom. The van der Waals surface area contributed by atoms with E-state index in [1.54, 1.807) is 12.4 Å². The number of carbonyl (C=O) groups is 1. The fraction of sp³-hybridized carbons (Fsp3) is 0.308. The number of likely N-dealkylation sites (tertiary alicyclic amines) is 1. The molecule has 0 saturated carbocycles. The maximum absolute atomic E-state index is 13.1. The molecular weight excluding hydrogens is 398 g/mol. The summed E-state index contributed by atoms with van der Waals surface area (Å²) in [6.45, 7) is 0.768. The van der Waals surface area contributed by atoms with Crippen molar-refractivity contribution in [2.45, 2.75) is 38.1 Å². The molecule has 1 amide bonds. The third kappa shape index (κ3) is 4.54. The normalized spacial score (nSPS) is 19.9. The monoisotopic (exact) mass is 425 g/mol. The molecule has 1 saturated heterocycles. The third-order valence-corrected chi connectivity index (χ3v) is 6.19. The zero-order valence-corrected chi connectivity index (χ0v) is 18.0. The van der Waals surface area contributed by atoms with Crippen LogP contribution in [0.1, 0.15) is 44.0 Å². The van der Waals surface area contributed by atoms with Crippen molar-refractivity contribution in [1.82, 2.24) is 19.9 Å². The molecule has 1 aliphatic carbocycles. The van der Waals surface area contributed by atoms with Crippen molar-refractivity contribution in [3.63, 3.8) is 0 Å². The second-order valence-corrected chi connectivity index (χ2v) is 8.44. The van der Waals surface area contributed by atoms with Gasteiger partial charge in [-0.05, 0) is 55.9 Å². The SMILES string of the molecule is O=C(CC1C=CCC1)N1CCCC1c1nc(Nc2ccccc2)cc(-c2ccncc2)n1.